The molecule has 174 valence electrons. The average molecular weight is 451 g/mol. The molecule has 1 saturated heterocycles. The molecule has 0 saturated carbocycles. The molecule has 0 spiro atoms. The molecule has 0 bridgehead atoms. The number of fused-ring (bicyclic) bond motifs is 1. The van der Waals surface area contributed by atoms with Crippen LogP contribution in [0.5, 0.6) is 0 Å². The van der Waals surface area contributed by atoms with E-state index in [-0.39, 0.29) is 11.9 Å². The van der Waals surface area contributed by atoms with Crippen molar-refractivity contribution in [2.24, 2.45) is 0 Å². The zero-order chi connectivity index (χ0) is 23.8. The minimum atomic E-state index is -0.618. The molecule has 0 aliphatic carbocycles. The molecule has 2 amide bonds. The van der Waals surface area contributed by atoms with Crippen LogP contribution in [0.15, 0.2) is 42.6 Å². The molecule has 4 rings (SSSR count). The van der Waals surface area contributed by atoms with Crippen LogP contribution in [0.3, 0.4) is 0 Å². The largest absolute Gasteiger partial charge is 0.444 e. The predicted molar refractivity (Wildman–Crippen MR) is 127 cm³/mol. The van der Waals surface area contributed by atoms with Crippen molar-refractivity contribution >= 4 is 29.3 Å². The van der Waals surface area contributed by atoms with E-state index < -0.39 is 17.7 Å². The summed E-state index contributed by atoms with van der Waals surface area (Å²) in [6, 6.07) is 11.4. The molecule has 1 aliphatic heterocycles. The summed E-state index contributed by atoms with van der Waals surface area (Å²) in [6.07, 6.45) is 2.73. The van der Waals surface area contributed by atoms with Gasteiger partial charge >= 0.3 is 6.09 Å². The standard InChI is InChI=1S/C24H30N6O3/c1-24(2,3)33-23(32)29-14-8-11-19(29)21(31)26-22-25-20-13-12-16(15-30(20)27-22)17-9-6-7-10-18(17)28(4)5/h6-7,9-10,12-13,15,19H,8,11,14H2,1-5H3,(H,26,27,31)/t19-/m1/s1. The maximum Gasteiger partial charge on any atom is 0.410 e. The summed E-state index contributed by atoms with van der Waals surface area (Å²) in [4.78, 5) is 33.4. The molecule has 0 unspecified atom stereocenters. The van der Waals surface area contributed by atoms with E-state index in [1.54, 1.807) is 4.52 Å². The van der Waals surface area contributed by atoms with E-state index >= 15 is 0 Å². The molecule has 1 aliphatic rings. The van der Waals surface area contributed by atoms with Crippen molar-refractivity contribution in [2.45, 2.75) is 45.3 Å². The summed E-state index contributed by atoms with van der Waals surface area (Å²) in [5.41, 5.74) is 3.15. The Morgan fingerprint density at radius 1 is 1.15 bits per heavy atom. The third-order valence-electron chi connectivity index (χ3n) is 5.45. The van der Waals surface area contributed by atoms with Crippen molar-refractivity contribution in [1.29, 1.82) is 0 Å². The Morgan fingerprint density at radius 3 is 2.64 bits per heavy atom. The lowest BCUT2D eigenvalue weighted by atomic mass is 10.1. The highest BCUT2D eigenvalue weighted by Gasteiger charge is 2.37. The number of rotatable bonds is 4. The number of nitrogens with one attached hydrogen (secondary N) is 1. The second-order valence-electron chi connectivity index (χ2n) is 9.39. The first-order valence-corrected chi connectivity index (χ1v) is 11.1. The van der Waals surface area contributed by atoms with Crippen molar-refractivity contribution in [3.05, 3.63) is 42.6 Å². The van der Waals surface area contributed by atoms with Gasteiger partial charge in [-0.2, -0.15) is 4.98 Å². The quantitative estimate of drug-likeness (QED) is 0.650. The molecule has 3 aromatic rings. The number of carbonyl (C=O) groups excluding carboxylic acids is 2. The summed E-state index contributed by atoms with van der Waals surface area (Å²) in [5, 5.41) is 7.21. The third kappa shape index (κ3) is 4.92. The summed E-state index contributed by atoms with van der Waals surface area (Å²) in [5.74, 6) is -0.110. The van der Waals surface area contributed by atoms with Crippen molar-refractivity contribution in [3.8, 4) is 11.1 Å². The number of amides is 2. The Bertz CT molecular complexity index is 1180. The Kier molecular flexibility index (Phi) is 5.97. The molecule has 9 nitrogen and oxygen atoms in total. The zero-order valence-corrected chi connectivity index (χ0v) is 19.7. The SMILES string of the molecule is CN(C)c1ccccc1-c1ccc2nc(NC(=O)[C@H]3CCCN3C(=O)OC(C)(C)C)nn2c1. The Balaban J connectivity index is 1.53. The van der Waals surface area contributed by atoms with Gasteiger partial charge in [-0.15, -0.1) is 5.10 Å². The smallest absolute Gasteiger partial charge is 0.410 e. The van der Waals surface area contributed by atoms with Crippen LogP contribution in [0.25, 0.3) is 16.8 Å². The topological polar surface area (TPSA) is 92.1 Å². The second-order valence-corrected chi connectivity index (χ2v) is 9.39. The Labute approximate surface area is 193 Å². The van der Waals surface area contributed by atoms with Gasteiger partial charge in [0, 0.05) is 43.7 Å². The minimum absolute atomic E-state index is 0.203. The summed E-state index contributed by atoms with van der Waals surface area (Å²) in [7, 11) is 4.01. The fraction of sp³-hybridized carbons (Fsp3) is 0.417. The maximum absolute atomic E-state index is 12.9. The number of benzene rings is 1. The van der Waals surface area contributed by atoms with Gasteiger partial charge in [0.25, 0.3) is 0 Å². The molecule has 1 fully saturated rings. The predicted octanol–water partition coefficient (Wildman–Crippen LogP) is 3.80. The van der Waals surface area contributed by atoms with Crippen LogP contribution in [0.4, 0.5) is 16.4 Å². The van der Waals surface area contributed by atoms with Crippen molar-refractivity contribution in [3.63, 3.8) is 0 Å². The molecule has 33 heavy (non-hydrogen) atoms. The number of aromatic nitrogens is 3. The van der Waals surface area contributed by atoms with E-state index in [1.165, 1.54) is 4.90 Å². The Hall–Kier alpha value is -3.62. The number of nitrogens with zero attached hydrogens (tertiary/aromatic N) is 5. The van der Waals surface area contributed by atoms with Gasteiger partial charge in [-0.1, -0.05) is 18.2 Å². The first kappa shape index (κ1) is 22.6. The van der Waals surface area contributed by atoms with E-state index in [9.17, 15) is 9.59 Å². The van der Waals surface area contributed by atoms with Crippen molar-refractivity contribution in [2.75, 3.05) is 30.9 Å². The van der Waals surface area contributed by atoms with Gasteiger partial charge in [0.2, 0.25) is 11.9 Å². The molecule has 9 heteroatoms. The second kappa shape index (κ2) is 8.73. The van der Waals surface area contributed by atoms with Crippen LogP contribution in [0.2, 0.25) is 0 Å². The summed E-state index contributed by atoms with van der Waals surface area (Å²) in [6.45, 7) is 5.91. The third-order valence-corrected chi connectivity index (χ3v) is 5.45. The first-order chi connectivity index (χ1) is 15.6. The highest BCUT2D eigenvalue weighted by Crippen LogP contribution is 2.30. The van der Waals surface area contributed by atoms with E-state index in [4.69, 9.17) is 4.74 Å². The molecule has 1 N–H and O–H groups in total. The van der Waals surface area contributed by atoms with Crippen LogP contribution < -0.4 is 10.2 Å². The number of carbonyl (C=O) groups is 2. The van der Waals surface area contributed by atoms with Gasteiger partial charge in [-0.05, 0) is 51.8 Å². The van der Waals surface area contributed by atoms with E-state index in [2.05, 4.69) is 32.4 Å². The van der Waals surface area contributed by atoms with Crippen molar-refractivity contribution in [1.82, 2.24) is 19.5 Å². The van der Waals surface area contributed by atoms with E-state index in [0.717, 1.165) is 23.2 Å². The van der Waals surface area contributed by atoms with Gasteiger partial charge in [0.05, 0.1) is 0 Å². The van der Waals surface area contributed by atoms with Gasteiger partial charge in [-0.3, -0.25) is 15.0 Å². The highest BCUT2D eigenvalue weighted by molar-refractivity contribution is 5.95. The molecule has 2 aromatic heterocycles. The fourth-order valence-corrected chi connectivity index (χ4v) is 3.97. The number of likely N-dealkylation sites (tertiary alicyclic amines) is 1. The van der Waals surface area contributed by atoms with Crippen LogP contribution in [0.1, 0.15) is 33.6 Å². The number of pyridine rings is 1. The molecular weight excluding hydrogens is 420 g/mol. The zero-order valence-electron chi connectivity index (χ0n) is 19.7. The maximum atomic E-state index is 12.9. The fourth-order valence-electron chi connectivity index (χ4n) is 3.97. The molecule has 1 aromatic carbocycles. The summed E-state index contributed by atoms with van der Waals surface area (Å²) >= 11 is 0. The number of para-hydroxylation sites is 1. The number of hydrogen-bond donors (Lipinski definition) is 1. The van der Waals surface area contributed by atoms with Gasteiger partial charge in [0.15, 0.2) is 5.65 Å². The number of hydrogen-bond acceptors (Lipinski definition) is 6. The van der Waals surface area contributed by atoms with Gasteiger partial charge in [0.1, 0.15) is 11.6 Å². The summed E-state index contributed by atoms with van der Waals surface area (Å²) < 4.78 is 7.10. The highest BCUT2D eigenvalue weighted by atomic mass is 16.6. The minimum Gasteiger partial charge on any atom is -0.444 e. The van der Waals surface area contributed by atoms with E-state index in [0.29, 0.717) is 18.6 Å². The molecular formula is C24H30N6O3. The van der Waals surface area contributed by atoms with E-state index in [1.807, 2.05) is 65.3 Å². The lowest BCUT2D eigenvalue weighted by molar-refractivity contribution is -0.120. The van der Waals surface area contributed by atoms with Crippen LogP contribution in [0, 0.1) is 0 Å². The Morgan fingerprint density at radius 2 is 1.91 bits per heavy atom. The lowest BCUT2D eigenvalue weighted by Crippen LogP contribution is -2.45. The number of ether oxygens (including phenoxy) is 1. The molecule has 0 radical (unpaired) electrons. The first-order valence-electron chi connectivity index (χ1n) is 11.1. The lowest BCUT2D eigenvalue weighted by Gasteiger charge is -2.27. The van der Waals surface area contributed by atoms with Crippen LogP contribution >= 0.6 is 0 Å². The van der Waals surface area contributed by atoms with Gasteiger partial charge < -0.3 is 9.64 Å². The average Bonchev–Trinajstić information content (AvgIpc) is 3.38. The molecule has 3 heterocycles. The van der Waals surface area contributed by atoms with Crippen molar-refractivity contribution < 1.29 is 14.3 Å². The van der Waals surface area contributed by atoms with Crippen LogP contribution in [-0.2, 0) is 9.53 Å². The van der Waals surface area contributed by atoms with Gasteiger partial charge in [-0.25, -0.2) is 9.31 Å². The molecule has 1 atom stereocenters. The van der Waals surface area contributed by atoms with Crippen LogP contribution in [-0.4, -0.2) is 63.8 Å². The number of anilines is 2. The normalized spacial score (nSPS) is 16.2. The monoisotopic (exact) mass is 450 g/mol.